The van der Waals surface area contributed by atoms with Gasteiger partial charge in [-0.2, -0.15) is 0 Å². The Morgan fingerprint density at radius 1 is 0.531 bits per heavy atom. The summed E-state index contributed by atoms with van der Waals surface area (Å²) >= 11 is 0. The van der Waals surface area contributed by atoms with E-state index < -0.39 is 0 Å². The molecule has 0 N–H and O–H groups in total. The third-order valence-electron chi connectivity index (χ3n) is 18.0. The van der Waals surface area contributed by atoms with Gasteiger partial charge < -0.3 is 9.80 Å². The minimum atomic E-state index is -0.274. The Morgan fingerprint density at radius 3 is 1.73 bits per heavy atom. The SMILES string of the molecule is CC(C)(C)c1ccc(N2C3=C(B4c5cc(-c6ccccc6)cc6c5N(c5cc(-c7ccccc7)cc2c54)C2(C)CCCCC62C)c2cc4c(cc2C3(C)C)C(C)(C)CCC4(C)C)cc1. The topological polar surface area (TPSA) is 6.48 Å². The van der Waals surface area contributed by atoms with Crippen LogP contribution >= 0.6 is 0 Å². The first-order valence-corrected chi connectivity index (χ1v) is 24.5. The van der Waals surface area contributed by atoms with Gasteiger partial charge in [0.05, 0.1) is 5.54 Å². The van der Waals surface area contributed by atoms with Crippen LogP contribution in [-0.2, 0) is 27.1 Å². The quantitative estimate of drug-likeness (QED) is 0.164. The van der Waals surface area contributed by atoms with Gasteiger partial charge in [-0.1, -0.05) is 173 Å². The maximum Gasteiger partial charge on any atom is 0.252 e. The fraction of sp³-hybridized carbons (Fsp3) is 0.377. The van der Waals surface area contributed by atoms with Crippen LogP contribution in [0.5, 0.6) is 0 Å². The van der Waals surface area contributed by atoms with Crippen molar-refractivity contribution in [2.24, 2.45) is 0 Å². The molecule has 6 aliphatic rings. The van der Waals surface area contributed by atoms with Crippen molar-refractivity contribution in [3.8, 4) is 22.3 Å². The number of nitrogens with zero attached hydrogens (tertiary/aromatic N) is 2. The molecule has 3 aliphatic carbocycles. The fourth-order valence-electron chi connectivity index (χ4n) is 13.9. The predicted octanol–water partition coefficient (Wildman–Crippen LogP) is 14.7. The molecular weight excluding hydrogens is 771 g/mol. The van der Waals surface area contributed by atoms with Crippen molar-refractivity contribution in [1.29, 1.82) is 0 Å². The Morgan fingerprint density at radius 2 is 1.11 bits per heavy atom. The molecule has 322 valence electrons. The van der Waals surface area contributed by atoms with Crippen LogP contribution in [0.1, 0.15) is 148 Å². The monoisotopic (exact) mass is 837 g/mol. The lowest BCUT2D eigenvalue weighted by Gasteiger charge is -2.53. The molecule has 2 unspecified atom stereocenters. The van der Waals surface area contributed by atoms with Crippen LogP contribution in [0.3, 0.4) is 0 Å². The lowest BCUT2D eigenvalue weighted by molar-refractivity contribution is 0.195. The highest BCUT2D eigenvalue weighted by Gasteiger charge is 2.63. The lowest BCUT2D eigenvalue weighted by Crippen LogP contribution is -2.61. The Bertz CT molecular complexity index is 2980. The molecule has 3 heteroatoms. The van der Waals surface area contributed by atoms with Gasteiger partial charge in [0, 0.05) is 39.3 Å². The molecule has 0 bridgehead atoms. The van der Waals surface area contributed by atoms with Gasteiger partial charge in [0.15, 0.2) is 0 Å². The van der Waals surface area contributed by atoms with E-state index in [1.165, 1.54) is 122 Å². The van der Waals surface area contributed by atoms with Crippen molar-refractivity contribution in [2.75, 3.05) is 9.80 Å². The molecule has 3 heterocycles. The molecule has 0 aromatic heterocycles. The van der Waals surface area contributed by atoms with Crippen LogP contribution in [0.25, 0.3) is 27.7 Å². The smallest absolute Gasteiger partial charge is 0.252 e. The van der Waals surface area contributed by atoms with Gasteiger partial charge in [0.25, 0.3) is 6.71 Å². The number of rotatable bonds is 3. The molecule has 1 fully saturated rings. The number of hydrogen-bond acceptors (Lipinski definition) is 2. The first kappa shape index (κ1) is 40.3. The summed E-state index contributed by atoms with van der Waals surface area (Å²) in [4.78, 5) is 5.67. The summed E-state index contributed by atoms with van der Waals surface area (Å²) in [7, 11) is 0. The van der Waals surface area contributed by atoms with E-state index in [1.54, 1.807) is 16.7 Å². The van der Waals surface area contributed by atoms with Gasteiger partial charge in [-0.3, -0.25) is 0 Å². The van der Waals surface area contributed by atoms with Crippen LogP contribution in [0, 0.1) is 0 Å². The number of allylic oxidation sites excluding steroid dienone is 1. The van der Waals surface area contributed by atoms with E-state index in [0.717, 1.165) is 0 Å². The van der Waals surface area contributed by atoms with Crippen molar-refractivity contribution >= 4 is 45.9 Å². The highest BCUT2D eigenvalue weighted by atomic mass is 15.3. The molecule has 6 aromatic rings. The first-order valence-electron chi connectivity index (χ1n) is 24.5. The second-order valence-corrected chi connectivity index (χ2v) is 23.9. The summed E-state index contributed by atoms with van der Waals surface area (Å²) in [5.74, 6) is 0. The van der Waals surface area contributed by atoms with Gasteiger partial charge in [-0.25, -0.2) is 0 Å². The zero-order chi connectivity index (χ0) is 44.5. The first-order chi connectivity index (χ1) is 30.3. The number of anilines is 4. The molecule has 0 spiro atoms. The van der Waals surface area contributed by atoms with Crippen LogP contribution in [0.4, 0.5) is 22.7 Å². The Labute approximate surface area is 383 Å². The fourth-order valence-corrected chi connectivity index (χ4v) is 13.9. The van der Waals surface area contributed by atoms with Crippen molar-refractivity contribution in [2.45, 2.75) is 147 Å². The second kappa shape index (κ2) is 13.0. The van der Waals surface area contributed by atoms with E-state index in [-0.39, 0.29) is 39.3 Å². The molecule has 2 nitrogen and oxygen atoms in total. The molecule has 0 saturated heterocycles. The standard InChI is InChI=1S/C61H65BN2/c1-56(2,3)42-24-26-43(27-25-42)63-50-34-41(39-22-16-13-17-23-39)35-51-53(50)62(52-44-36-46-47(37-45(44)59(8,9)55(52)63)58(6,7)31-30-57(46,4)5)49-33-40(38-20-14-12-15-21-38)32-48-54(49)64(51)61(11)29-19-18-28-60(48,61)10/h12-17,20-27,32-37H,18-19,28-31H2,1-11H3. The van der Waals surface area contributed by atoms with E-state index in [9.17, 15) is 0 Å². The molecule has 6 aromatic carbocycles. The van der Waals surface area contributed by atoms with Crippen LogP contribution in [0.2, 0.25) is 0 Å². The van der Waals surface area contributed by atoms with E-state index in [0.29, 0.717) is 0 Å². The largest absolute Gasteiger partial charge is 0.335 e. The van der Waals surface area contributed by atoms with E-state index >= 15 is 0 Å². The van der Waals surface area contributed by atoms with Crippen molar-refractivity contribution in [3.63, 3.8) is 0 Å². The highest BCUT2D eigenvalue weighted by Crippen LogP contribution is 2.65. The van der Waals surface area contributed by atoms with Gasteiger partial charge in [-0.05, 0) is 151 Å². The molecule has 3 aliphatic heterocycles. The molecule has 1 saturated carbocycles. The van der Waals surface area contributed by atoms with Gasteiger partial charge in [0.1, 0.15) is 0 Å². The predicted molar refractivity (Wildman–Crippen MR) is 274 cm³/mol. The average molecular weight is 837 g/mol. The van der Waals surface area contributed by atoms with Crippen LogP contribution < -0.4 is 20.7 Å². The summed E-state index contributed by atoms with van der Waals surface area (Å²) in [5, 5.41) is 0. The third-order valence-corrected chi connectivity index (χ3v) is 18.0. The number of benzene rings is 6. The number of fused-ring (bicyclic) bond motifs is 9. The summed E-state index contributed by atoms with van der Waals surface area (Å²) in [6, 6.07) is 48.0. The Balaban J connectivity index is 1.25. The van der Waals surface area contributed by atoms with Crippen molar-refractivity contribution < 1.29 is 0 Å². The van der Waals surface area contributed by atoms with E-state index in [4.69, 9.17) is 0 Å². The van der Waals surface area contributed by atoms with Crippen LogP contribution in [0.15, 0.2) is 127 Å². The molecule has 2 atom stereocenters. The Hall–Kier alpha value is -5.28. The van der Waals surface area contributed by atoms with Gasteiger partial charge in [0.2, 0.25) is 0 Å². The summed E-state index contributed by atoms with van der Waals surface area (Å²) in [5.41, 5.74) is 25.5. The summed E-state index contributed by atoms with van der Waals surface area (Å²) < 4.78 is 0. The second-order valence-electron chi connectivity index (χ2n) is 23.9. The van der Waals surface area contributed by atoms with Crippen LogP contribution in [-0.4, -0.2) is 12.3 Å². The molecule has 0 radical (unpaired) electrons. The van der Waals surface area contributed by atoms with E-state index in [1.807, 2.05) is 0 Å². The van der Waals surface area contributed by atoms with Crippen molar-refractivity contribution in [1.82, 2.24) is 0 Å². The zero-order valence-corrected chi connectivity index (χ0v) is 40.3. The zero-order valence-electron chi connectivity index (χ0n) is 40.3. The van der Waals surface area contributed by atoms with Gasteiger partial charge >= 0.3 is 0 Å². The maximum atomic E-state index is 2.92. The molecule has 64 heavy (non-hydrogen) atoms. The maximum absolute atomic E-state index is 2.92. The average Bonchev–Trinajstić information content (AvgIpc) is 3.64. The van der Waals surface area contributed by atoms with E-state index in [2.05, 4.69) is 207 Å². The highest BCUT2D eigenvalue weighted by molar-refractivity contribution is 7.03. The number of hydrogen-bond donors (Lipinski definition) is 0. The Kier molecular flexibility index (Phi) is 8.15. The summed E-state index contributed by atoms with van der Waals surface area (Å²) in [6.45, 7) is 27.4. The summed E-state index contributed by atoms with van der Waals surface area (Å²) in [6.07, 6.45) is 7.29. The minimum Gasteiger partial charge on any atom is -0.335 e. The lowest BCUT2D eigenvalue weighted by atomic mass is 9.32. The molecule has 0 amide bonds. The van der Waals surface area contributed by atoms with Gasteiger partial charge in [-0.15, -0.1) is 0 Å². The molecular formula is C61H65BN2. The minimum absolute atomic E-state index is 0.00945. The van der Waals surface area contributed by atoms with Crippen molar-refractivity contribution in [3.05, 3.63) is 160 Å². The molecule has 12 rings (SSSR count). The third kappa shape index (κ3) is 5.22. The normalized spacial score (nSPS) is 23.8.